The van der Waals surface area contributed by atoms with Crippen LogP contribution in [-0.2, 0) is 4.79 Å². The molecule has 1 aromatic carbocycles. The highest BCUT2D eigenvalue weighted by molar-refractivity contribution is 5.83. The predicted octanol–water partition coefficient (Wildman–Crippen LogP) is 3.34. The molecule has 2 rings (SSSR count). The highest BCUT2D eigenvalue weighted by Crippen LogP contribution is 2.41. The van der Waals surface area contributed by atoms with E-state index < -0.39 is 6.04 Å². The zero-order valence-electron chi connectivity index (χ0n) is 11.4. The summed E-state index contributed by atoms with van der Waals surface area (Å²) in [6.07, 6.45) is 4.98. The van der Waals surface area contributed by atoms with E-state index in [1.54, 1.807) is 0 Å². The fraction of sp³-hybridized carbons (Fsp3) is 0.500. The van der Waals surface area contributed by atoms with E-state index in [2.05, 4.69) is 18.3 Å². The minimum Gasteiger partial charge on any atom is -0.336 e. The number of hydrogen-bond acceptors (Lipinski definition) is 2. The van der Waals surface area contributed by atoms with Crippen molar-refractivity contribution in [3.8, 4) is 6.07 Å². The second kappa shape index (κ2) is 5.88. The maximum atomic E-state index is 12.5. The molecule has 0 radical (unpaired) electrons. The van der Waals surface area contributed by atoms with E-state index in [9.17, 15) is 10.1 Å². The Hall–Kier alpha value is -1.82. The number of amides is 1. The first kappa shape index (κ1) is 13.6. The van der Waals surface area contributed by atoms with Gasteiger partial charge < -0.3 is 5.32 Å². The van der Waals surface area contributed by atoms with E-state index in [4.69, 9.17) is 0 Å². The van der Waals surface area contributed by atoms with Gasteiger partial charge in [-0.1, -0.05) is 50.1 Å². The average molecular weight is 256 g/mol. The van der Waals surface area contributed by atoms with Crippen molar-refractivity contribution in [1.82, 2.24) is 5.32 Å². The number of nitrogens with zero attached hydrogens (tertiary/aromatic N) is 1. The van der Waals surface area contributed by atoms with Gasteiger partial charge in [0.2, 0.25) is 5.91 Å². The number of benzene rings is 1. The molecular formula is C16H20N2O. The molecule has 3 heteroatoms. The van der Waals surface area contributed by atoms with Crippen LogP contribution in [0, 0.1) is 16.7 Å². The predicted molar refractivity (Wildman–Crippen MR) is 74.1 cm³/mol. The molecule has 1 unspecified atom stereocenters. The molecule has 1 aromatic rings. The smallest absolute Gasteiger partial charge is 0.227 e. The van der Waals surface area contributed by atoms with Gasteiger partial charge in [0.05, 0.1) is 6.07 Å². The van der Waals surface area contributed by atoms with Gasteiger partial charge in [-0.05, 0) is 24.8 Å². The van der Waals surface area contributed by atoms with E-state index in [1.807, 2.05) is 30.3 Å². The summed E-state index contributed by atoms with van der Waals surface area (Å²) in [4.78, 5) is 12.5. The van der Waals surface area contributed by atoms with E-state index in [0.29, 0.717) is 0 Å². The summed E-state index contributed by atoms with van der Waals surface area (Å²) in [5, 5.41) is 12.2. The molecule has 0 aliphatic heterocycles. The number of nitriles is 1. The van der Waals surface area contributed by atoms with E-state index >= 15 is 0 Å². The molecule has 100 valence electrons. The van der Waals surface area contributed by atoms with Crippen molar-refractivity contribution < 1.29 is 4.79 Å². The fourth-order valence-corrected chi connectivity index (χ4v) is 2.91. The molecule has 0 aromatic heterocycles. The molecule has 1 amide bonds. The van der Waals surface area contributed by atoms with Crippen molar-refractivity contribution in [1.29, 1.82) is 5.26 Å². The normalized spacial score (nSPS) is 18.5. The number of hydrogen-bond donors (Lipinski definition) is 1. The van der Waals surface area contributed by atoms with Crippen LogP contribution in [0.2, 0.25) is 0 Å². The first-order valence-electron chi connectivity index (χ1n) is 6.97. The van der Waals surface area contributed by atoms with Gasteiger partial charge in [0.15, 0.2) is 0 Å². The van der Waals surface area contributed by atoms with Crippen LogP contribution in [0.4, 0.5) is 0 Å². The highest BCUT2D eigenvalue weighted by atomic mass is 16.2. The molecule has 0 heterocycles. The number of carbonyl (C=O) groups is 1. The Morgan fingerprint density at radius 1 is 1.37 bits per heavy atom. The molecule has 19 heavy (non-hydrogen) atoms. The summed E-state index contributed by atoms with van der Waals surface area (Å²) in [6, 6.07) is 11.1. The lowest BCUT2D eigenvalue weighted by Gasteiger charge is -2.27. The summed E-state index contributed by atoms with van der Waals surface area (Å²) in [7, 11) is 0. The van der Waals surface area contributed by atoms with Gasteiger partial charge in [-0.2, -0.15) is 5.26 Å². The van der Waals surface area contributed by atoms with Crippen molar-refractivity contribution in [3.05, 3.63) is 35.9 Å². The standard InChI is InChI=1S/C16H20N2O/c1-2-16(10-6-7-11-16)15(19)18-14(12-17)13-8-4-3-5-9-13/h3-5,8-9,14H,2,6-7,10-11H2,1H3,(H,18,19). The fourth-order valence-electron chi connectivity index (χ4n) is 2.91. The van der Waals surface area contributed by atoms with Gasteiger partial charge in [-0.15, -0.1) is 0 Å². The summed E-state index contributed by atoms with van der Waals surface area (Å²) in [5.41, 5.74) is 0.603. The third kappa shape index (κ3) is 2.78. The Labute approximate surface area is 114 Å². The molecule has 1 N–H and O–H groups in total. The third-order valence-electron chi connectivity index (χ3n) is 4.26. The average Bonchev–Trinajstić information content (AvgIpc) is 2.95. The highest BCUT2D eigenvalue weighted by Gasteiger charge is 2.40. The largest absolute Gasteiger partial charge is 0.336 e. The first-order chi connectivity index (χ1) is 9.22. The Balaban J connectivity index is 2.11. The third-order valence-corrected chi connectivity index (χ3v) is 4.26. The van der Waals surface area contributed by atoms with Gasteiger partial charge in [-0.3, -0.25) is 4.79 Å². The summed E-state index contributed by atoms with van der Waals surface area (Å²) < 4.78 is 0. The van der Waals surface area contributed by atoms with Crippen LogP contribution in [0.1, 0.15) is 50.6 Å². The minimum absolute atomic E-state index is 0.0444. The molecule has 1 fully saturated rings. The zero-order chi connectivity index (χ0) is 13.7. The maximum absolute atomic E-state index is 12.5. The van der Waals surface area contributed by atoms with Gasteiger partial charge in [-0.25, -0.2) is 0 Å². The van der Waals surface area contributed by atoms with E-state index in [1.165, 1.54) is 0 Å². The molecule has 1 aliphatic carbocycles. The lowest BCUT2D eigenvalue weighted by atomic mass is 9.82. The second-order valence-corrected chi connectivity index (χ2v) is 5.29. The van der Waals surface area contributed by atoms with Gasteiger partial charge in [0.25, 0.3) is 0 Å². The molecule has 1 atom stereocenters. The lowest BCUT2D eigenvalue weighted by Crippen LogP contribution is -2.40. The van der Waals surface area contributed by atoms with Crippen molar-refractivity contribution in [3.63, 3.8) is 0 Å². The number of nitrogens with one attached hydrogen (secondary N) is 1. The Morgan fingerprint density at radius 3 is 2.53 bits per heavy atom. The van der Waals surface area contributed by atoms with E-state index in [0.717, 1.165) is 37.7 Å². The molecular weight excluding hydrogens is 236 g/mol. The van der Waals surface area contributed by atoms with Crippen molar-refractivity contribution >= 4 is 5.91 Å². The zero-order valence-corrected chi connectivity index (χ0v) is 11.4. The summed E-state index contributed by atoms with van der Waals surface area (Å²) >= 11 is 0. The first-order valence-corrected chi connectivity index (χ1v) is 6.97. The molecule has 0 bridgehead atoms. The Bertz CT molecular complexity index is 469. The Kier molecular flexibility index (Phi) is 4.21. The number of rotatable bonds is 4. The molecule has 1 saturated carbocycles. The van der Waals surface area contributed by atoms with Crippen LogP contribution in [0.3, 0.4) is 0 Å². The molecule has 1 aliphatic rings. The van der Waals surface area contributed by atoms with Crippen LogP contribution < -0.4 is 5.32 Å². The lowest BCUT2D eigenvalue weighted by molar-refractivity contribution is -0.131. The second-order valence-electron chi connectivity index (χ2n) is 5.29. The Morgan fingerprint density at radius 2 is 2.00 bits per heavy atom. The summed E-state index contributed by atoms with van der Waals surface area (Å²) in [6.45, 7) is 2.06. The molecule has 0 spiro atoms. The van der Waals surface area contributed by atoms with Crippen LogP contribution in [0.5, 0.6) is 0 Å². The van der Waals surface area contributed by atoms with Crippen molar-refractivity contribution in [2.45, 2.75) is 45.1 Å². The molecule has 0 saturated heterocycles. The summed E-state index contributed by atoms with van der Waals surface area (Å²) in [5.74, 6) is 0.0444. The minimum atomic E-state index is -0.544. The maximum Gasteiger partial charge on any atom is 0.227 e. The van der Waals surface area contributed by atoms with E-state index in [-0.39, 0.29) is 11.3 Å². The van der Waals surface area contributed by atoms with Crippen molar-refractivity contribution in [2.75, 3.05) is 0 Å². The van der Waals surface area contributed by atoms with Crippen LogP contribution in [0.25, 0.3) is 0 Å². The molecule has 3 nitrogen and oxygen atoms in total. The van der Waals surface area contributed by atoms with Crippen LogP contribution in [-0.4, -0.2) is 5.91 Å². The van der Waals surface area contributed by atoms with Crippen LogP contribution >= 0.6 is 0 Å². The SMILES string of the molecule is CCC1(C(=O)NC(C#N)c2ccccc2)CCCC1. The number of carbonyl (C=O) groups excluding carboxylic acids is 1. The monoisotopic (exact) mass is 256 g/mol. The quantitative estimate of drug-likeness (QED) is 0.898. The van der Waals surface area contributed by atoms with Gasteiger partial charge in [0, 0.05) is 5.41 Å². The van der Waals surface area contributed by atoms with Crippen LogP contribution in [0.15, 0.2) is 30.3 Å². The van der Waals surface area contributed by atoms with Crippen molar-refractivity contribution in [2.24, 2.45) is 5.41 Å². The van der Waals surface area contributed by atoms with Gasteiger partial charge in [0.1, 0.15) is 6.04 Å². The topological polar surface area (TPSA) is 52.9 Å². The van der Waals surface area contributed by atoms with Gasteiger partial charge >= 0.3 is 0 Å².